The second-order valence-corrected chi connectivity index (χ2v) is 2.59. The van der Waals surface area contributed by atoms with Crippen LogP contribution in [0.1, 0.15) is 6.42 Å². The molecule has 0 aromatic carbocycles. The first-order valence-electron chi connectivity index (χ1n) is 3.05. The summed E-state index contributed by atoms with van der Waals surface area (Å²) < 4.78 is 0. The van der Waals surface area contributed by atoms with Gasteiger partial charge in [-0.05, 0) is 18.4 Å². The summed E-state index contributed by atoms with van der Waals surface area (Å²) in [4.78, 5) is 21.4. The van der Waals surface area contributed by atoms with E-state index in [0.29, 0.717) is 5.92 Å². The van der Waals surface area contributed by atoms with Crippen molar-refractivity contribution in [3.63, 3.8) is 0 Å². The Morgan fingerprint density at radius 1 is 1.44 bits per heavy atom. The Kier molecular flexibility index (Phi) is 0.721. The van der Waals surface area contributed by atoms with Gasteiger partial charge in [-0.1, -0.05) is 6.08 Å². The van der Waals surface area contributed by atoms with E-state index in [1.165, 1.54) is 6.08 Å². The van der Waals surface area contributed by atoms with Crippen LogP contribution in [0, 0.1) is 11.8 Å². The summed E-state index contributed by atoms with van der Waals surface area (Å²) in [6.07, 6.45) is 4.14. The Labute approximate surface area is 52.6 Å². The van der Waals surface area contributed by atoms with E-state index in [2.05, 4.69) is 0 Å². The molecular weight excluding hydrogens is 116 g/mol. The van der Waals surface area contributed by atoms with Gasteiger partial charge in [0.25, 0.3) is 0 Å². The van der Waals surface area contributed by atoms with Crippen LogP contribution in [-0.2, 0) is 9.59 Å². The van der Waals surface area contributed by atoms with Gasteiger partial charge >= 0.3 is 0 Å². The Morgan fingerprint density at radius 2 is 2.22 bits per heavy atom. The smallest absolute Gasteiger partial charge is 0.221 e. The van der Waals surface area contributed by atoms with Crippen LogP contribution in [0.2, 0.25) is 0 Å². The van der Waals surface area contributed by atoms with Crippen molar-refractivity contribution in [2.75, 3.05) is 0 Å². The normalized spacial score (nSPS) is 38.7. The summed E-state index contributed by atoms with van der Waals surface area (Å²) in [5, 5.41) is 0. The minimum atomic E-state index is -0.311. The van der Waals surface area contributed by atoms with Crippen LogP contribution < -0.4 is 0 Å². The number of hydrogen-bond donors (Lipinski definition) is 0. The molecule has 0 spiro atoms. The number of allylic oxidation sites excluding steroid dienone is 2. The average molecular weight is 122 g/mol. The van der Waals surface area contributed by atoms with Crippen molar-refractivity contribution in [3.8, 4) is 0 Å². The fourth-order valence-electron chi connectivity index (χ4n) is 1.20. The van der Waals surface area contributed by atoms with Crippen molar-refractivity contribution in [1.29, 1.82) is 0 Å². The molecule has 2 aliphatic carbocycles. The molecule has 2 nitrogen and oxygen atoms in total. The molecule has 46 valence electrons. The number of fused-ring (bicyclic) bond motifs is 1. The highest BCUT2D eigenvalue weighted by Crippen LogP contribution is 2.42. The number of ketones is 2. The van der Waals surface area contributed by atoms with E-state index in [4.69, 9.17) is 0 Å². The topological polar surface area (TPSA) is 34.1 Å². The largest absolute Gasteiger partial charge is 0.290 e. The van der Waals surface area contributed by atoms with Crippen molar-refractivity contribution in [3.05, 3.63) is 12.2 Å². The van der Waals surface area contributed by atoms with Gasteiger partial charge in [0.05, 0.1) is 0 Å². The van der Waals surface area contributed by atoms with Gasteiger partial charge in [0.15, 0.2) is 0 Å². The number of Topliss-reactive ketones (excluding diaryl/α,β-unsaturated/α-hetero) is 1. The fourth-order valence-corrected chi connectivity index (χ4v) is 1.20. The molecule has 9 heavy (non-hydrogen) atoms. The highest BCUT2D eigenvalue weighted by atomic mass is 16.2. The van der Waals surface area contributed by atoms with Crippen LogP contribution in [-0.4, -0.2) is 11.6 Å². The lowest BCUT2D eigenvalue weighted by Gasteiger charge is -1.96. The molecule has 0 aromatic heterocycles. The van der Waals surface area contributed by atoms with Crippen LogP contribution in [0.4, 0.5) is 0 Å². The predicted octanol–water partition coefficient (Wildman–Crippen LogP) is 0.330. The minimum Gasteiger partial charge on any atom is -0.290 e. The molecule has 2 unspecified atom stereocenters. The number of carbonyl (C=O) groups excluding carboxylic acids is 2. The van der Waals surface area contributed by atoms with Gasteiger partial charge in [-0.25, -0.2) is 0 Å². The lowest BCUT2D eigenvalue weighted by molar-refractivity contribution is -0.135. The molecular formula is C7H6O2. The molecule has 0 aromatic rings. The van der Waals surface area contributed by atoms with Crippen LogP contribution in [0.5, 0.6) is 0 Å². The van der Waals surface area contributed by atoms with Gasteiger partial charge in [0, 0.05) is 5.92 Å². The van der Waals surface area contributed by atoms with Crippen LogP contribution >= 0.6 is 0 Å². The second kappa shape index (κ2) is 1.32. The monoisotopic (exact) mass is 122 g/mol. The third-order valence-electron chi connectivity index (χ3n) is 1.91. The molecule has 0 aliphatic heterocycles. The van der Waals surface area contributed by atoms with Gasteiger partial charge < -0.3 is 0 Å². The maximum absolute atomic E-state index is 10.8. The first-order chi connectivity index (χ1) is 4.29. The highest BCUT2D eigenvalue weighted by Gasteiger charge is 2.45. The Hall–Kier alpha value is -0.920. The first-order valence-corrected chi connectivity index (χ1v) is 3.05. The molecule has 0 heterocycles. The maximum Gasteiger partial charge on any atom is 0.221 e. The number of hydrogen-bond acceptors (Lipinski definition) is 2. The lowest BCUT2D eigenvalue weighted by Crippen LogP contribution is -2.16. The van der Waals surface area contributed by atoms with Crippen LogP contribution in [0.25, 0.3) is 0 Å². The van der Waals surface area contributed by atoms with Crippen molar-refractivity contribution in [2.24, 2.45) is 11.8 Å². The molecule has 0 bridgehead atoms. The first kappa shape index (κ1) is 4.91. The molecule has 2 atom stereocenters. The SMILES string of the molecule is O=C1C=CC2CC2C1=O. The molecule has 0 saturated heterocycles. The van der Waals surface area contributed by atoms with E-state index >= 15 is 0 Å². The zero-order valence-corrected chi connectivity index (χ0v) is 4.83. The summed E-state index contributed by atoms with van der Waals surface area (Å²) in [5.41, 5.74) is 0. The van der Waals surface area contributed by atoms with Gasteiger partial charge in [0.2, 0.25) is 11.6 Å². The second-order valence-electron chi connectivity index (χ2n) is 2.59. The third kappa shape index (κ3) is 0.559. The lowest BCUT2D eigenvalue weighted by atomic mass is 10.1. The van der Waals surface area contributed by atoms with E-state index in [1.54, 1.807) is 0 Å². The maximum atomic E-state index is 10.8. The van der Waals surface area contributed by atoms with E-state index < -0.39 is 0 Å². The van der Waals surface area contributed by atoms with Crippen molar-refractivity contribution >= 4 is 11.6 Å². The van der Waals surface area contributed by atoms with Gasteiger partial charge in [0.1, 0.15) is 0 Å². The van der Waals surface area contributed by atoms with Crippen molar-refractivity contribution in [1.82, 2.24) is 0 Å². The molecule has 2 rings (SSSR count). The zero-order chi connectivity index (χ0) is 6.43. The van der Waals surface area contributed by atoms with Crippen LogP contribution in [0.15, 0.2) is 12.2 Å². The summed E-state index contributed by atoms with van der Waals surface area (Å²) in [6, 6.07) is 0. The van der Waals surface area contributed by atoms with E-state index in [0.717, 1.165) is 6.42 Å². The zero-order valence-electron chi connectivity index (χ0n) is 4.83. The summed E-state index contributed by atoms with van der Waals surface area (Å²) in [6.45, 7) is 0. The summed E-state index contributed by atoms with van der Waals surface area (Å²) >= 11 is 0. The molecule has 0 amide bonds. The van der Waals surface area contributed by atoms with E-state index in [1.807, 2.05) is 6.08 Å². The Morgan fingerprint density at radius 3 is 2.89 bits per heavy atom. The van der Waals surface area contributed by atoms with Gasteiger partial charge in [-0.2, -0.15) is 0 Å². The quantitative estimate of drug-likeness (QED) is 0.434. The molecule has 0 radical (unpaired) electrons. The molecule has 2 heteroatoms. The summed E-state index contributed by atoms with van der Waals surface area (Å²) in [5.74, 6) is -0.00560. The van der Waals surface area contributed by atoms with Crippen molar-refractivity contribution in [2.45, 2.75) is 6.42 Å². The Bertz CT molecular complexity index is 215. The molecule has 1 saturated carbocycles. The van der Waals surface area contributed by atoms with E-state index in [-0.39, 0.29) is 17.5 Å². The standard InChI is InChI=1S/C7H6O2/c8-6-2-1-4-3-5(4)7(6)9/h1-2,4-5H,3H2. The van der Waals surface area contributed by atoms with Gasteiger partial charge in [-0.3, -0.25) is 9.59 Å². The molecule has 2 aliphatic rings. The molecule has 1 fully saturated rings. The molecule has 0 N–H and O–H groups in total. The minimum absolute atomic E-state index is 0.0718. The van der Waals surface area contributed by atoms with Crippen molar-refractivity contribution < 1.29 is 9.59 Å². The number of carbonyl (C=O) groups is 2. The highest BCUT2D eigenvalue weighted by molar-refractivity contribution is 6.43. The number of rotatable bonds is 0. The van der Waals surface area contributed by atoms with Crippen LogP contribution in [0.3, 0.4) is 0 Å². The Balaban J connectivity index is 2.36. The average Bonchev–Trinajstić information content (AvgIpc) is 2.58. The summed E-state index contributed by atoms with van der Waals surface area (Å²) in [7, 11) is 0. The van der Waals surface area contributed by atoms with E-state index in [9.17, 15) is 9.59 Å². The van der Waals surface area contributed by atoms with Gasteiger partial charge in [-0.15, -0.1) is 0 Å². The fraction of sp³-hybridized carbons (Fsp3) is 0.429. The third-order valence-corrected chi connectivity index (χ3v) is 1.91. The predicted molar refractivity (Wildman–Crippen MR) is 30.8 cm³/mol.